The number of alkyl halides is 2. The number of ether oxygens (including phenoxy) is 1. The smallest absolute Gasteiger partial charge is 0.387 e. The van der Waals surface area contributed by atoms with Gasteiger partial charge in [-0.2, -0.15) is 8.78 Å². The van der Waals surface area contributed by atoms with E-state index in [2.05, 4.69) is 4.74 Å². The van der Waals surface area contributed by atoms with Crippen LogP contribution >= 0.6 is 0 Å². The highest BCUT2D eigenvalue weighted by atomic mass is 19.3. The highest BCUT2D eigenvalue weighted by molar-refractivity contribution is 5.78. The van der Waals surface area contributed by atoms with Gasteiger partial charge in [-0.15, -0.1) is 0 Å². The summed E-state index contributed by atoms with van der Waals surface area (Å²) in [5, 5.41) is 20.5. The molecule has 1 heterocycles. The molecule has 24 heavy (non-hydrogen) atoms. The first-order chi connectivity index (χ1) is 11.3. The molecule has 1 aliphatic heterocycles. The molecule has 3 rings (SSSR count). The van der Waals surface area contributed by atoms with Crippen molar-refractivity contribution in [2.75, 3.05) is 18.0 Å². The average molecular weight is 342 g/mol. The van der Waals surface area contributed by atoms with Gasteiger partial charge in [0.15, 0.2) is 0 Å². The third-order valence-electron chi connectivity index (χ3n) is 5.02. The quantitative estimate of drug-likeness (QED) is 0.653. The molecule has 0 unspecified atom stereocenters. The van der Waals surface area contributed by atoms with Crippen molar-refractivity contribution >= 4 is 17.3 Å². The fraction of sp³-hybridized carbons (Fsp3) is 0.533. The number of benzene rings is 1. The van der Waals surface area contributed by atoms with Gasteiger partial charge in [0.25, 0.3) is 0 Å². The van der Waals surface area contributed by atoms with Crippen molar-refractivity contribution in [3.8, 4) is 5.75 Å². The number of aliphatic carboxylic acids is 1. The summed E-state index contributed by atoms with van der Waals surface area (Å²) in [5.74, 6) is -1.38. The molecule has 0 spiro atoms. The topological polar surface area (TPSA) is 92.9 Å². The molecule has 2 aliphatic rings. The summed E-state index contributed by atoms with van der Waals surface area (Å²) in [7, 11) is 0. The summed E-state index contributed by atoms with van der Waals surface area (Å²) in [4.78, 5) is 23.6. The fourth-order valence-electron chi connectivity index (χ4n) is 3.88. The molecular formula is C15H16F2N2O5. The molecule has 0 radical (unpaired) electrons. The van der Waals surface area contributed by atoms with Crippen LogP contribution in [0.1, 0.15) is 19.3 Å². The highest BCUT2D eigenvalue weighted by Crippen LogP contribution is 2.50. The van der Waals surface area contributed by atoms with E-state index < -0.39 is 34.4 Å². The number of fused-ring (bicyclic) bond motifs is 1. The summed E-state index contributed by atoms with van der Waals surface area (Å²) < 4.78 is 29.2. The van der Waals surface area contributed by atoms with Gasteiger partial charge < -0.3 is 14.7 Å². The molecule has 0 aromatic heterocycles. The summed E-state index contributed by atoms with van der Waals surface area (Å²) in [6.45, 7) is -2.43. The van der Waals surface area contributed by atoms with Crippen LogP contribution in [0.3, 0.4) is 0 Å². The Kier molecular flexibility index (Phi) is 4.02. The lowest BCUT2D eigenvalue weighted by Crippen LogP contribution is -2.35. The molecule has 1 N–H and O–H groups in total. The van der Waals surface area contributed by atoms with E-state index in [0.717, 1.165) is 18.9 Å². The van der Waals surface area contributed by atoms with Crippen LogP contribution in [0.5, 0.6) is 5.75 Å². The Balaban J connectivity index is 1.91. The van der Waals surface area contributed by atoms with Crippen molar-refractivity contribution in [2.45, 2.75) is 25.9 Å². The van der Waals surface area contributed by atoms with Crippen LogP contribution in [-0.2, 0) is 4.79 Å². The third kappa shape index (κ3) is 2.63. The second kappa shape index (κ2) is 5.88. The van der Waals surface area contributed by atoms with Gasteiger partial charge in [-0.05, 0) is 24.8 Å². The normalized spacial score (nSPS) is 25.8. The number of nitro benzene ring substituents is 1. The first-order valence-corrected chi connectivity index (χ1v) is 7.55. The van der Waals surface area contributed by atoms with Gasteiger partial charge in [-0.3, -0.25) is 14.9 Å². The molecule has 7 nitrogen and oxygen atoms in total. The fourth-order valence-corrected chi connectivity index (χ4v) is 3.88. The summed E-state index contributed by atoms with van der Waals surface area (Å²) >= 11 is 0. The number of rotatable bonds is 5. The lowest BCUT2D eigenvalue weighted by atomic mass is 9.81. The molecular weight excluding hydrogens is 326 g/mol. The Morgan fingerprint density at radius 2 is 2.25 bits per heavy atom. The molecule has 1 aromatic carbocycles. The van der Waals surface area contributed by atoms with Gasteiger partial charge >= 0.3 is 18.3 Å². The second-order valence-corrected chi connectivity index (χ2v) is 6.22. The largest absolute Gasteiger partial charge is 0.481 e. The maximum Gasteiger partial charge on any atom is 0.387 e. The number of hydrogen-bond acceptors (Lipinski definition) is 5. The number of carboxylic acid groups (broad SMARTS) is 1. The molecule has 1 saturated carbocycles. The molecule has 0 amide bonds. The van der Waals surface area contributed by atoms with Gasteiger partial charge in [0.2, 0.25) is 5.75 Å². The molecule has 0 bridgehead atoms. The Morgan fingerprint density at radius 3 is 2.83 bits per heavy atom. The average Bonchev–Trinajstić information content (AvgIpc) is 3.03. The number of halogens is 2. The molecule has 9 heteroatoms. The van der Waals surface area contributed by atoms with Crippen LogP contribution in [0.25, 0.3) is 0 Å². The summed E-state index contributed by atoms with van der Waals surface area (Å²) in [6.07, 6.45) is 2.23. The zero-order valence-electron chi connectivity index (χ0n) is 12.7. The minimum atomic E-state index is -3.18. The number of carboxylic acids is 1. The van der Waals surface area contributed by atoms with Crippen LogP contribution < -0.4 is 9.64 Å². The standard InChI is InChI=1S/C15H16F2N2O5/c16-14(17)24-12-6-10(3-4-11(12)19(22)23)18-7-9-2-1-5-15(9,8-18)13(20)21/h3-4,6,9,14H,1-2,5,7-8H2,(H,20,21)/t9-,15+/m0/s1. The molecule has 2 atom stereocenters. The molecule has 1 aromatic rings. The van der Waals surface area contributed by atoms with Gasteiger partial charge in [0.05, 0.1) is 10.3 Å². The Labute approximate surface area is 136 Å². The predicted molar refractivity (Wildman–Crippen MR) is 79.4 cm³/mol. The van der Waals surface area contributed by atoms with Crippen molar-refractivity contribution in [1.29, 1.82) is 0 Å². The monoisotopic (exact) mass is 342 g/mol. The predicted octanol–water partition coefficient (Wildman–Crippen LogP) is 2.89. The van der Waals surface area contributed by atoms with Gasteiger partial charge in [-0.1, -0.05) is 6.42 Å². The van der Waals surface area contributed by atoms with Crippen molar-refractivity contribution < 1.29 is 28.3 Å². The van der Waals surface area contributed by atoms with E-state index in [1.807, 2.05) is 0 Å². The minimum absolute atomic E-state index is 0.00957. The van der Waals surface area contributed by atoms with E-state index in [0.29, 0.717) is 18.7 Å². The Bertz CT molecular complexity index is 684. The van der Waals surface area contributed by atoms with Gasteiger partial charge in [0.1, 0.15) is 0 Å². The molecule has 1 saturated heterocycles. The second-order valence-electron chi connectivity index (χ2n) is 6.22. The number of nitro groups is 1. The lowest BCUT2D eigenvalue weighted by molar-refractivity contribution is -0.386. The van der Waals surface area contributed by atoms with Crippen LogP contribution in [0.2, 0.25) is 0 Å². The Morgan fingerprint density at radius 1 is 1.50 bits per heavy atom. The van der Waals surface area contributed by atoms with E-state index in [1.54, 1.807) is 4.90 Å². The Hall–Kier alpha value is -2.45. The zero-order valence-corrected chi connectivity index (χ0v) is 12.7. The SMILES string of the molecule is O=C(O)[C@@]12CCC[C@H]1CN(c1ccc([N+](=O)[O-])c(OC(F)F)c1)C2. The lowest BCUT2D eigenvalue weighted by Gasteiger charge is -2.24. The number of hydrogen-bond donors (Lipinski definition) is 1. The van der Waals surface area contributed by atoms with Crippen LogP contribution in [0.15, 0.2) is 18.2 Å². The first kappa shape index (κ1) is 16.4. The van der Waals surface area contributed by atoms with Crippen molar-refractivity contribution in [2.24, 2.45) is 11.3 Å². The van der Waals surface area contributed by atoms with Crippen molar-refractivity contribution in [3.63, 3.8) is 0 Å². The minimum Gasteiger partial charge on any atom is -0.481 e. The van der Waals surface area contributed by atoms with Gasteiger partial charge in [-0.25, -0.2) is 0 Å². The highest BCUT2D eigenvalue weighted by Gasteiger charge is 2.55. The zero-order chi connectivity index (χ0) is 17.5. The number of anilines is 1. The van der Waals surface area contributed by atoms with Crippen molar-refractivity contribution in [3.05, 3.63) is 28.3 Å². The summed E-state index contributed by atoms with van der Waals surface area (Å²) in [6, 6.07) is 3.72. The maximum atomic E-state index is 12.5. The van der Waals surface area contributed by atoms with E-state index in [1.165, 1.54) is 12.1 Å². The molecule has 1 aliphatic carbocycles. The van der Waals surface area contributed by atoms with E-state index in [-0.39, 0.29) is 12.5 Å². The van der Waals surface area contributed by atoms with Crippen molar-refractivity contribution in [1.82, 2.24) is 0 Å². The number of nitrogens with zero attached hydrogens (tertiary/aromatic N) is 2. The van der Waals surface area contributed by atoms with Crippen LogP contribution in [0, 0.1) is 21.4 Å². The summed E-state index contributed by atoms with van der Waals surface area (Å²) in [5.41, 5.74) is -0.927. The molecule has 130 valence electrons. The van der Waals surface area contributed by atoms with Gasteiger partial charge in [0, 0.05) is 30.9 Å². The van der Waals surface area contributed by atoms with E-state index >= 15 is 0 Å². The third-order valence-corrected chi connectivity index (χ3v) is 5.02. The van der Waals surface area contributed by atoms with Crippen LogP contribution in [-0.4, -0.2) is 35.7 Å². The van der Waals surface area contributed by atoms with E-state index in [9.17, 15) is 28.8 Å². The maximum absolute atomic E-state index is 12.5. The van der Waals surface area contributed by atoms with E-state index in [4.69, 9.17) is 0 Å². The van der Waals surface area contributed by atoms with Crippen LogP contribution in [0.4, 0.5) is 20.2 Å². The first-order valence-electron chi connectivity index (χ1n) is 7.55. The number of carbonyl (C=O) groups is 1. The molecule has 2 fully saturated rings.